The van der Waals surface area contributed by atoms with Crippen molar-refractivity contribution in [2.45, 2.75) is 5.03 Å². The standard InChI is InChI=1S/C14H12ClN3O2S2/c1-18-9-16-14(13(18)15)22(19,20)17-11-6-3-2-5-10(11)12-7-4-8-21-12/h2-9,17H,1H3. The summed E-state index contributed by atoms with van der Waals surface area (Å²) in [6.07, 6.45) is 1.36. The Labute approximate surface area is 137 Å². The van der Waals surface area contributed by atoms with Crippen LogP contribution in [0.2, 0.25) is 5.15 Å². The number of hydrogen-bond donors (Lipinski definition) is 1. The van der Waals surface area contributed by atoms with Crippen LogP contribution in [0.25, 0.3) is 10.4 Å². The largest absolute Gasteiger partial charge is 0.324 e. The highest BCUT2D eigenvalue weighted by Crippen LogP contribution is 2.33. The van der Waals surface area contributed by atoms with Gasteiger partial charge in [0.1, 0.15) is 5.15 Å². The van der Waals surface area contributed by atoms with E-state index in [1.807, 2.05) is 29.6 Å². The molecule has 0 amide bonds. The fourth-order valence-electron chi connectivity index (χ4n) is 1.99. The minimum atomic E-state index is -3.85. The fraction of sp³-hybridized carbons (Fsp3) is 0.0714. The number of halogens is 1. The van der Waals surface area contributed by atoms with Crippen molar-refractivity contribution in [1.82, 2.24) is 9.55 Å². The van der Waals surface area contributed by atoms with Crippen LogP contribution in [0, 0.1) is 0 Å². The third kappa shape index (κ3) is 2.75. The first kappa shape index (κ1) is 15.1. The molecule has 5 nitrogen and oxygen atoms in total. The third-order valence-corrected chi connectivity index (χ3v) is 5.80. The molecule has 1 N–H and O–H groups in total. The molecule has 0 radical (unpaired) electrons. The van der Waals surface area contributed by atoms with Crippen molar-refractivity contribution in [3.05, 3.63) is 53.3 Å². The SMILES string of the molecule is Cn1cnc(S(=O)(=O)Nc2ccccc2-c2cccs2)c1Cl. The zero-order valence-corrected chi connectivity index (χ0v) is 13.9. The summed E-state index contributed by atoms with van der Waals surface area (Å²) >= 11 is 7.52. The molecule has 22 heavy (non-hydrogen) atoms. The van der Waals surface area contributed by atoms with Gasteiger partial charge in [-0.3, -0.25) is 4.72 Å². The van der Waals surface area contributed by atoms with Crippen molar-refractivity contribution >= 4 is 38.6 Å². The summed E-state index contributed by atoms with van der Waals surface area (Å²) in [6.45, 7) is 0. The van der Waals surface area contributed by atoms with E-state index >= 15 is 0 Å². The number of rotatable bonds is 4. The van der Waals surface area contributed by atoms with Gasteiger partial charge in [0.25, 0.3) is 10.0 Å². The molecule has 0 bridgehead atoms. The molecule has 0 saturated heterocycles. The number of aryl methyl sites for hydroxylation is 1. The molecule has 0 spiro atoms. The molecule has 0 aliphatic heterocycles. The number of aromatic nitrogens is 2. The highest BCUT2D eigenvalue weighted by atomic mass is 35.5. The van der Waals surface area contributed by atoms with Gasteiger partial charge in [0, 0.05) is 17.5 Å². The van der Waals surface area contributed by atoms with Crippen molar-refractivity contribution < 1.29 is 8.42 Å². The Kier molecular flexibility index (Phi) is 3.94. The Morgan fingerprint density at radius 2 is 2.00 bits per heavy atom. The number of nitrogens with one attached hydrogen (secondary N) is 1. The second kappa shape index (κ2) is 5.75. The number of hydrogen-bond acceptors (Lipinski definition) is 4. The van der Waals surface area contributed by atoms with Gasteiger partial charge in [-0.2, -0.15) is 8.42 Å². The highest BCUT2D eigenvalue weighted by molar-refractivity contribution is 7.92. The second-order valence-electron chi connectivity index (χ2n) is 4.58. The van der Waals surface area contributed by atoms with E-state index in [2.05, 4.69) is 9.71 Å². The molecular formula is C14H12ClN3O2S2. The minimum Gasteiger partial charge on any atom is -0.324 e. The fourth-order valence-corrected chi connectivity index (χ4v) is 4.26. The van der Waals surface area contributed by atoms with E-state index in [9.17, 15) is 8.42 Å². The Hall–Kier alpha value is -1.83. The molecule has 0 saturated carbocycles. The first-order valence-electron chi connectivity index (χ1n) is 6.31. The maximum atomic E-state index is 12.5. The minimum absolute atomic E-state index is 0.0705. The van der Waals surface area contributed by atoms with Crippen LogP contribution in [-0.2, 0) is 17.1 Å². The molecule has 8 heteroatoms. The van der Waals surface area contributed by atoms with E-state index in [-0.39, 0.29) is 10.2 Å². The van der Waals surface area contributed by atoms with Crippen LogP contribution in [0.4, 0.5) is 5.69 Å². The molecule has 0 aliphatic rings. The molecular weight excluding hydrogens is 342 g/mol. The van der Waals surface area contributed by atoms with E-state index in [4.69, 9.17) is 11.6 Å². The monoisotopic (exact) mass is 353 g/mol. The average Bonchev–Trinajstić information content (AvgIpc) is 3.11. The summed E-state index contributed by atoms with van der Waals surface area (Å²) in [4.78, 5) is 4.84. The number of benzene rings is 1. The first-order valence-corrected chi connectivity index (χ1v) is 9.05. The summed E-state index contributed by atoms with van der Waals surface area (Å²) in [5.74, 6) is 0. The van der Waals surface area contributed by atoms with E-state index in [1.54, 1.807) is 19.2 Å². The van der Waals surface area contributed by atoms with Gasteiger partial charge in [0.15, 0.2) is 0 Å². The van der Waals surface area contributed by atoms with Gasteiger partial charge < -0.3 is 4.57 Å². The van der Waals surface area contributed by atoms with Gasteiger partial charge in [-0.25, -0.2) is 4.98 Å². The first-order chi connectivity index (χ1) is 10.5. The lowest BCUT2D eigenvalue weighted by atomic mass is 10.1. The van der Waals surface area contributed by atoms with Gasteiger partial charge in [-0.1, -0.05) is 35.9 Å². The molecule has 3 rings (SSSR count). The summed E-state index contributed by atoms with van der Waals surface area (Å²) in [5.41, 5.74) is 1.31. The molecule has 0 aliphatic carbocycles. The van der Waals surface area contributed by atoms with Crippen molar-refractivity contribution in [3.63, 3.8) is 0 Å². The van der Waals surface area contributed by atoms with Gasteiger partial charge in [-0.15, -0.1) is 11.3 Å². The van der Waals surface area contributed by atoms with Crippen molar-refractivity contribution in [2.75, 3.05) is 4.72 Å². The topological polar surface area (TPSA) is 64.0 Å². The Morgan fingerprint density at radius 1 is 1.23 bits per heavy atom. The van der Waals surface area contributed by atoms with Crippen LogP contribution >= 0.6 is 22.9 Å². The maximum Gasteiger partial charge on any atom is 0.282 e. The predicted molar refractivity (Wildman–Crippen MR) is 88.8 cm³/mol. The van der Waals surface area contributed by atoms with Crippen LogP contribution in [0.1, 0.15) is 0 Å². The Morgan fingerprint density at radius 3 is 2.64 bits per heavy atom. The maximum absolute atomic E-state index is 12.5. The number of nitrogens with zero attached hydrogens (tertiary/aromatic N) is 2. The molecule has 0 fully saturated rings. The van der Waals surface area contributed by atoms with Crippen molar-refractivity contribution in [1.29, 1.82) is 0 Å². The molecule has 2 aromatic heterocycles. The lowest BCUT2D eigenvalue weighted by Crippen LogP contribution is -2.14. The van der Waals surface area contributed by atoms with E-state index in [0.717, 1.165) is 10.4 Å². The Balaban J connectivity index is 2.02. The molecule has 2 heterocycles. The quantitative estimate of drug-likeness (QED) is 0.779. The number of imidazole rings is 1. The van der Waals surface area contributed by atoms with E-state index in [0.29, 0.717) is 5.69 Å². The lowest BCUT2D eigenvalue weighted by Gasteiger charge is -2.10. The molecule has 1 aromatic carbocycles. The predicted octanol–water partition coefficient (Wildman–Crippen LogP) is 3.60. The summed E-state index contributed by atoms with van der Waals surface area (Å²) in [7, 11) is -2.21. The van der Waals surface area contributed by atoms with Crippen LogP contribution in [-0.4, -0.2) is 18.0 Å². The highest BCUT2D eigenvalue weighted by Gasteiger charge is 2.23. The smallest absolute Gasteiger partial charge is 0.282 e. The van der Waals surface area contributed by atoms with Gasteiger partial charge in [0.2, 0.25) is 5.03 Å². The van der Waals surface area contributed by atoms with Crippen LogP contribution in [0.3, 0.4) is 0 Å². The van der Waals surface area contributed by atoms with Crippen LogP contribution in [0.5, 0.6) is 0 Å². The normalized spacial score (nSPS) is 11.5. The molecule has 114 valence electrons. The number of sulfonamides is 1. The summed E-state index contributed by atoms with van der Waals surface area (Å²) in [6, 6.07) is 11.1. The summed E-state index contributed by atoms with van der Waals surface area (Å²) in [5, 5.41) is 1.83. The second-order valence-corrected chi connectivity index (χ2v) is 7.48. The van der Waals surface area contributed by atoms with Crippen LogP contribution in [0.15, 0.2) is 53.1 Å². The molecule has 0 atom stereocenters. The van der Waals surface area contributed by atoms with E-state index < -0.39 is 10.0 Å². The lowest BCUT2D eigenvalue weighted by molar-refractivity contribution is 0.598. The van der Waals surface area contributed by atoms with E-state index in [1.165, 1.54) is 22.2 Å². The average molecular weight is 354 g/mol. The number of thiophene rings is 1. The van der Waals surface area contributed by atoms with Gasteiger partial charge in [-0.05, 0) is 17.5 Å². The zero-order chi connectivity index (χ0) is 15.7. The van der Waals surface area contributed by atoms with Crippen LogP contribution < -0.4 is 4.72 Å². The summed E-state index contributed by atoms with van der Waals surface area (Å²) < 4.78 is 29.0. The number of anilines is 1. The van der Waals surface area contributed by atoms with Crippen molar-refractivity contribution in [2.24, 2.45) is 7.05 Å². The zero-order valence-electron chi connectivity index (χ0n) is 11.5. The van der Waals surface area contributed by atoms with Gasteiger partial charge >= 0.3 is 0 Å². The van der Waals surface area contributed by atoms with Gasteiger partial charge in [0.05, 0.1) is 12.0 Å². The molecule has 3 aromatic rings. The van der Waals surface area contributed by atoms with Crippen molar-refractivity contribution in [3.8, 4) is 10.4 Å². The number of para-hydroxylation sites is 1. The molecule has 0 unspecified atom stereocenters. The third-order valence-electron chi connectivity index (χ3n) is 3.05. The Bertz CT molecular complexity index is 902.